The van der Waals surface area contributed by atoms with Gasteiger partial charge in [-0.05, 0) is 31.7 Å². The first-order chi connectivity index (χ1) is 9.86. The maximum Gasteiger partial charge on any atom is 0.121 e. The fourth-order valence-electron chi connectivity index (χ4n) is 2.65. The van der Waals surface area contributed by atoms with Gasteiger partial charge in [0.1, 0.15) is 12.4 Å². The first kappa shape index (κ1) is 13.3. The second-order valence-electron chi connectivity index (χ2n) is 5.19. The number of hydrogen-bond donors (Lipinski definition) is 1. The Morgan fingerprint density at radius 2 is 2.40 bits per heavy atom. The molecule has 1 N–H and O–H groups in total. The highest BCUT2D eigenvalue weighted by atomic mass is 16.5. The Morgan fingerprint density at radius 3 is 3.20 bits per heavy atom. The molecule has 1 aromatic heterocycles. The van der Waals surface area contributed by atoms with Gasteiger partial charge in [0, 0.05) is 36.2 Å². The SMILES string of the molecule is CNC(COc1ccc2cccnc2c1)C1CCOC1. The standard InChI is InChI=1S/C16H20N2O2/c1-17-16(13-6-8-19-10-13)11-20-14-5-4-12-3-2-7-18-15(12)9-14/h2-5,7,9,13,16-17H,6,8,10-11H2,1H3. The summed E-state index contributed by atoms with van der Waals surface area (Å²) in [5, 5.41) is 4.46. The maximum absolute atomic E-state index is 5.92. The number of ether oxygens (including phenoxy) is 2. The minimum absolute atomic E-state index is 0.330. The van der Waals surface area contributed by atoms with Gasteiger partial charge in [0.2, 0.25) is 0 Å². The van der Waals surface area contributed by atoms with E-state index in [0.717, 1.165) is 36.3 Å². The van der Waals surface area contributed by atoms with Gasteiger partial charge < -0.3 is 14.8 Å². The number of fused-ring (bicyclic) bond motifs is 1. The van der Waals surface area contributed by atoms with Crippen molar-refractivity contribution in [2.24, 2.45) is 5.92 Å². The molecule has 2 heterocycles. The molecule has 1 aliphatic rings. The van der Waals surface area contributed by atoms with Gasteiger partial charge in [-0.2, -0.15) is 0 Å². The van der Waals surface area contributed by atoms with Crippen LogP contribution >= 0.6 is 0 Å². The molecule has 4 nitrogen and oxygen atoms in total. The van der Waals surface area contributed by atoms with E-state index in [1.54, 1.807) is 6.20 Å². The molecule has 1 aromatic carbocycles. The summed E-state index contributed by atoms with van der Waals surface area (Å²) in [5.41, 5.74) is 0.968. The molecule has 0 amide bonds. The molecule has 0 spiro atoms. The Hall–Kier alpha value is -1.65. The fourth-order valence-corrected chi connectivity index (χ4v) is 2.65. The number of rotatable bonds is 5. The third-order valence-electron chi connectivity index (χ3n) is 3.91. The van der Waals surface area contributed by atoms with Gasteiger partial charge in [-0.3, -0.25) is 4.98 Å². The van der Waals surface area contributed by atoms with Crippen molar-refractivity contribution in [1.82, 2.24) is 10.3 Å². The molecule has 2 atom stereocenters. The van der Waals surface area contributed by atoms with E-state index in [1.165, 1.54) is 0 Å². The second kappa shape index (κ2) is 6.20. The van der Waals surface area contributed by atoms with Crippen molar-refractivity contribution in [1.29, 1.82) is 0 Å². The number of hydrogen-bond acceptors (Lipinski definition) is 4. The highest BCUT2D eigenvalue weighted by molar-refractivity contribution is 5.79. The van der Waals surface area contributed by atoms with E-state index in [2.05, 4.69) is 16.4 Å². The first-order valence-electron chi connectivity index (χ1n) is 7.09. The van der Waals surface area contributed by atoms with Gasteiger partial charge in [0.05, 0.1) is 12.1 Å². The van der Waals surface area contributed by atoms with E-state index in [9.17, 15) is 0 Å². The minimum atomic E-state index is 0.330. The largest absolute Gasteiger partial charge is 0.492 e. The Kier molecular flexibility index (Phi) is 4.14. The van der Waals surface area contributed by atoms with E-state index in [4.69, 9.17) is 9.47 Å². The highest BCUT2D eigenvalue weighted by Crippen LogP contribution is 2.21. The zero-order chi connectivity index (χ0) is 13.8. The van der Waals surface area contributed by atoms with Crippen molar-refractivity contribution < 1.29 is 9.47 Å². The van der Waals surface area contributed by atoms with E-state index >= 15 is 0 Å². The van der Waals surface area contributed by atoms with Gasteiger partial charge in [0.25, 0.3) is 0 Å². The Bertz CT molecular complexity index is 567. The topological polar surface area (TPSA) is 43.4 Å². The van der Waals surface area contributed by atoms with Crippen molar-refractivity contribution in [2.75, 3.05) is 26.9 Å². The molecule has 0 saturated carbocycles. The molecule has 4 heteroatoms. The number of likely N-dealkylation sites (N-methyl/N-ethyl adjacent to an activating group) is 1. The third-order valence-corrected chi connectivity index (χ3v) is 3.91. The molecule has 1 fully saturated rings. The van der Waals surface area contributed by atoms with E-state index in [-0.39, 0.29) is 0 Å². The van der Waals surface area contributed by atoms with Crippen LogP contribution in [0, 0.1) is 5.92 Å². The van der Waals surface area contributed by atoms with Crippen molar-refractivity contribution in [3.05, 3.63) is 36.5 Å². The summed E-state index contributed by atoms with van der Waals surface area (Å²) in [6.07, 6.45) is 2.91. The van der Waals surface area contributed by atoms with Gasteiger partial charge in [-0.1, -0.05) is 6.07 Å². The fraction of sp³-hybridized carbons (Fsp3) is 0.438. The zero-order valence-electron chi connectivity index (χ0n) is 11.7. The number of aromatic nitrogens is 1. The molecular formula is C16H20N2O2. The molecule has 20 heavy (non-hydrogen) atoms. The third kappa shape index (κ3) is 2.92. The maximum atomic E-state index is 5.92. The van der Waals surface area contributed by atoms with Crippen molar-refractivity contribution in [2.45, 2.75) is 12.5 Å². The lowest BCUT2D eigenvalue weighted by molar-refractivity contribution is 0.163. The Balaban J connectivity index is 1.66. The van der Waals surface area contributed by atoms with Crippen LogP contribution in [0.1, 0.15) is 6.42 Å². The normalized spacial score (nSPS) is 20.1. The van der Waals surface area contributed by atoms with E-state index < -0.39 is 0 Å². The molecular weight excluding hydrogens is 252 g/mol. The summed E-state index contributed by atoms with van der Waals surface area (Å²) in [6, 6.07) is 10.4. The lowest BCUT2D eigenvalue weighted by atomic mass is 10.00. The quantitative estimate of drug-likeness (QED) is 0.906. The summed E-state index contributed by atoms with van der Waals surface area (Å²) in [4.78, 5) is 4.35. The van der Waals surface area contributed by atoms with Gasteiger partial charge >= 0.3 is 0 Å². The van der Waals surface area contributed by atoms with Crippen molar-refractivity contribution in [3.8, 4) is 5.75 Å². The van der Waals surface area contributed by atoms with Crippen LogP contribution in [-0.2, 0) is 4.74 Å². The number of benzene rings is 1. The summed E-state index contributed by atoms with van der Waals surface area (Å²) in [6.45, 7) is 2.35. The van der Waals surface area contributed by atoms with E-state index in [0.29, 0.717) is 18.6 Å². The van der Waals surface area contributed by atoms with E-state index in [1.807, 2.05) is 31.3 Å². The summed E-state index contributed by atoms with van der Waals surface area (Å²) in [5.74, 6) is 1.41. The number of nitrogens with one attached hydrogen (secondary N) is 1. The number of nitrogens with zero attached hydrogens (tertiary/aromatic N) is 1. The van der Waals surface area contributed by atoms with Crippen LogP contribution in [0.15, 0.2) is 36.5 Å². The van der Waals surface area contributed by atoms with Gasteiger partial charge in [-0.25, -0.2) is 0 Å². The summed E-state index contributed by atoms with van der Waals surface area (Å²) >= 11 is 0. The van der Waals surface area contributed by atoms with Gasteiger partial charge in [0.15, 0.2) is 0 Å². The van der Waals surface area contributed by atoms with Crippen molar-refractivity contribution >= 4 is 10.9 Å². The minimum Gasteiger partial charge on any atom is -0.492 e. The lowest BCUT2D eigenvalue weighted by Gasteiger charge is -2.22. The first-order valence-corrected chi connectivity index (χ1v) is 7.09. The molecule has 0 bridgehead atoms. The van der Waals surface area contributed by atoms with Crippen LogP contribution in [0.4, 0.5) is 0 Å². The lowest BCUT2D eigenvalue weighted by Crippen LogP contribution is -2.39. The van der Waals surface area contributed by atoms with Crippen molar-refractivity contribution in [3.63, 3.8) is 0 Å². The average molecular weight is 272 g/mol. The van der Waals surface area contributed by atoms with Crippen LogP contribution in [-0.4, -0.2) is 37.9 Å². The molecule has 3 rings (SSSR count). The number of pyridine rings is 1. The van der Waals surface area contributed by atoms with Gasteiger partial charge in [-0.15, -0.1) is 0 Å². The summed E-state index contributed by atoms with van der Waals surface area (Å²) in [7, 11) is 1.98. The monoisotopic (exact) mass is 272 g/mol. The molecule has 2 aromatic rings. The average Bonchev–Trinajstić information content (AvgIpc) is 3.02. The Morgan fingerprint density at radius 1 is 1.45 bits per heavy atom. The molecule has 2 unspecified atom stereocenters. The molecule has 1 saturated heterocycles. The van der Waals surface area contributed by atoms with Crippen LogP contribution in [0.2, 0.25) is 0 Å². The zero-order valence-corrected chi connectivity index (χ0v) is 11.7. The smallest absolute Gasteiger partial charge is 0.121 e. The molecule has 1 aliphatic heterocycles. The molecule has 0 radical (unpaired) electrons. The summed E-state index contributed by atoms with van der Waals surface area (Å²) < 4.78 is 11.4. The predicted molar refractivity (Wildman–Crippen MR) is 79.0 cm³/mol. The predicted octanol–water partition coefficient (Wildman–Crippen LogP) is 2.24. The van der Waals surface area contributed by atoms with Crippen LogP contribution in [0.3, 0.4) is 0 Å². The van der Waals surface area contributed by atoms with Crippen LogP contribution < -0.4 is 10.1 Å². The molecule has 106 valence electrons. The highest BCUT2D eigenvalue weighted by Gasteiger charge is 2.25. The van der Waals surface area contributed by atoms with Crippen LogP contribution in [0.5, 0.6) is 5.75 Å². The Labute approximate surface area is 119 Å². The second-order valence-corrected chi connectivity index (χ2v) is 5.19. The van der Waals surface area contributed by atoms with Crippen LogP contribution in [0.25, 0.3) is 10.9 Å². The molecule has 0 aliphatic carbocycles.